The number of hydrogen-bond donors (Lipinski definition) is 1. The van der Waals surface area contributed by atoms with E-state index in [4.69, 9.17) is 5.11 Å². The number of nitrogens with zero attached hydrogens (tertiary/aromatic N) is 1. The average molecular weight is 303 g/mol. The molecule has 0 bridgehead atoms. The van der Waals surface area contributed by atoms with Crippen LogP contribution in [0.4, 0.5) is 13.2 Å². The molecule has 1 amide bonds. The summed E-state index contributed by atoms with van der Waals surface area (Å²) < 4.78 is 37.3. The molecule has 21 heavy (non-hydrogen) atoms. The Morgan fingerprint density at radius 3 is 2.29 bits per heavy atom. The molecule has 0 spiro atoms. The first-order chi connectivity index (χ1) is 9.77. The molecule has 1 N–H and O–H groups in total. The van der Waals surface area contributed by atoms with E-state index in [1.54, 1.807) is 6.92 Å². The molecule has 0 saturated carbocycles. The number of carboxylic acid groups (broad SMARTS) is 1. The number of benzene rings is 1. The van der Waals surface area contributed by atoms with Crippen molar-refractivity contribution in [1.82, 2.24) is 4.90 Å². The fourth-order valence-corrected chi connectivity index (χ4v) is 1.84. The van der Waals surface area contributed by atoms with E-state index in [1.165, 1.54) is 17.0 Å². The summed E-state index contributed by atoms with van der Waals surface area (Å²) in [5.41, 5.74) is -0.254. The Balaban J connectivity index is 2.73. The Hall–Kier alpha value is -2.05. The molecule has 1 unspecified atom stereocenters. The predicted octanol–water partition coefficient (Wildman–Crippen LogP) is 2.77. The second kappa shape index (κ2) is 7.10. The van der Waals surface area contributed by atoms with Gasteiger partial charge in [0.05, 0.1) is 11.5 Å². The number of carboxylic acids is 1. The molecule has 116 valence electrons. The highest BCUT2D eigenvalue weighted by molar-refractivity contribution is 5.70. The highest BCUT2D eigenvalue weighted by Gasteiger charge is 2.30. The predicted molar refractivity (Wildman–Crippen MR) is 69.3 cm³/mol. The third-order valence-corrected chi connectivity index (χ3v) is 3.11. The second-order valence-corrected chi connectivity index (χ2v) is 4.67. The molecule has 1 aromatic rings. The molecule has 7 heteroatoms. The first kappa shape index (κ1) is 17.0. The van der Waals surface area contributed by atoms with Gasteiger partial charge in [-0.1, -0.05) is 19.1 Å². The zero-order valence-electron chi connectivity index (χ0n) is 11.4. The quantitative estimate of drug-likeness (QED) is 0.788. The lowest BCUT2D eigenvalue weighted by atomic mass is 10.1. The second-order valence-electron chi connectivity index (χ2n) is 4.67. The standard InChI is InChI=1S/C14H16F3NO3/c1-2-11(13(20)21)8-18(9-19)7-10-3-5-12(6-4-10)14(15,16)17/h3-6,9,11H,2,7-8H2,1H3,(H,20,21). The summed E-state index contributed by atoms with van der Waals surface area (Å²) in [7, 11) is 0. The summed E-state index contributed by atoms with van der Waals surface area (Å²) in [6.45, 7) is 1.79. The molecule has 1 aromatic carbocycles. The number of carbonyl (C=O) groups is 2. The van der Waals surface area contributed by atoms with Crippen LogP contribution in [0.1, 0.15) is 24.5 Å². The maximum Gasteiger partial charge on any atom is 0.416 e. The van der Waals surface area contributed by atoms with Gasteiger partial charge in [-0.05, 0) is 24.1 Å². The van der Waals surface area contributed by atoms with Gasteiger partial charge in [0.15, 0.2) is 0 Å². The van der Waals surface area contributed by atoms with Crippen LogP contribution in [-0.2, 0) is 22.3 Å². The van der Waals surface area contributed by atoms with Crippen molar-refractivity contribution in [3.05, 3.63) is 35.4 Å². The normalized spacial score (nSPS) is 12.8. The summed E-state index contributed by atoms with van der Waals surface area (Å²) in [5, 5.41) is 8.94. The Kier molecular flexibility index (Phi) is 5.75. The minimum Gasteiger partial charge on any atom is -0.481 e. The molecule has 0 saturated heterocycles. The lowest BCUT2D eigenvalue weighted by molar-refractivity contribution is -0.143. The number of hydrogen-bond acceptors (Lipinski definition) is 2. The third kappa shape index (κ3) is 5.09. The van der Waals surface area contributed by atoms with Crippen LogP contribution in [0.5, 0.6) is 0 Å². The van der Waals surface area contributed by atoms with E-state index in [2.05, 4.69) is 0 Å². The number of amides is 1. The number of halogens is 3. The van der Waals surface area contributed by atoms with Gasteiger partial charge in [0, 0.05) is 13.1 Å². The van der Waals surface area contributed by atoms with Crippen LogP contribution in [0.15, 0.2) is 24.3 Å². The zero-order valence-corrected chi connectivity index (χ0v) is 11.4. The Bertz CT molecular complexity index is 485. The van der Waals surface area contributed by atoms with Gasteiger partial charge in [0.1, 0.15) is 0 Å². The monoisotopic (exact) mass is 303 g/mol. The summed E-state index contributed by atoms with van der Waals surface area (Å²) in [5.74, 6) is -1.69. The molecule has 0 fully saturated rings. The highest BCUT2D eigenvalue weighted by atomic mass is 19.4. The van der Waals surface area contributed by atoms with Crippen LogP contribution in [0.2, 0.25) is 0 Å². The summed E-state index contributed by atoms with van der Waals surface area (Å²) in [6, 6.07) is 4.43. The summed E-state index contributed by atoms with van der Waals surface area (Å²) >= 11 is 0. The lowest BCUT2D eigenvalue weighted by Crippen LogP contribution is -2.31. The van der Waals surface area contributed by atoms with E-state index in [1.807, 2.05) is 0 Å². The van der Waals surface area contributed by atoms with E-state index in [-0.39, 0.29) is 13.1 Å². The molecule has 0 heterocycles. The molecule has 0 radical (unpaired) electrons. The van der Waals surface area contributed by atoms with Crippen molar-refractivity contribution >= 4 is 12.4 Å². The molecule has 1 rings (SSSR count). The van der Waals surface area contributed by atoms with Gasteiger partial charge < -0.3 is 10.0 Å². The Morgan fingerprint density at radius 1 is 1.33 bits per heavy atom. The van der Waals surface area contributed by atoms with Crippen LogP contribution in [-0.4, -0.2) is 28.9 Å². The largest absolute Gasteiger partial charge is 0.481 e. The number of carbonyl (C=O) groups excluding carboxylic acids is 1. The third-order valence-electron chi connectivity index (χ3n) is 3.11. The van der Waals surface area contributed by atoms with Crippen LogP contribution in [0.25, 0.3) is 0 Å². The fourth-order valence-electron chi connectivity index (χ4n) is 1.84. The van der Waals surface area contributed by atoms with Crippen molar-refractivity contribution in [2.75, 3.05) is 6.54 Å². The smallest absolute Gasteiger partial charge is 0.416 e. The maximum atomic E-state index is 12.4. The van der Waals surface area contributed by atoms with E-state index in [9.17, 15) is 22.8 Å². The summed E-state index contributed by atoms with van der Waals surface area (Å²) in [6.07, 6.45) is -3.53. The van der Waals surface area contributed by atoms with E-state index in [0.29, 0.717) is 18.4 Å². The van der Waals surface area contributed by atoms with Crippen LogP contribution in [0.3, 0.4) is 0 Å². The van der Waals surface area contributed by atoms with Gasteiger partial charge in [-0.15, -0.1) is 0 Å². The first-order valence-corrected chi connectivity index (χ1v) is 6.36. The average Bonchev–Trinajstić information content (AvgIpc) is 2.42. The molecular formula is C14H16F3NO3. The SMILES string of the molecule is CCC(CN(C=O)Cc1ccc(C(F)(F)F)cc1)C(=O)O. The van der Waals surface area contributed by atoms with Gasteiger partial charge in [0.25, 0.3) is 0 Å². The Morgan fingerprint density at radius 2 is 1.90 bits per heavy atom. The van der Waals surface area contributed by atoms with E-state index < -0.39 is 23.6 Å². The van der Waals surface area contributed by atoms with Crippen LogP contribution < -0.4 is 0 Å². The van der Waals surface area contributed by atoms with Crippen molar-refractivity contribution in [1.29, 1.82) is 0 Å². The van der Waals surface area contributed by atoms with E-state index >= 15 is 0 Å². The minimum absolute atomic E-state index is 0.0242. The van der Waals surface area contributed by atoms with Crippen LogP contribution >= 0.6 is 0 Å². The van der Waals surface area contributed by atoms with Crippen molar-refractivity contribution in [2.24, 2.45) is 5.92 Å². The molecule has 0 aromatic heterocycles. The van der Waals surface area contributed by atoms with Gasteiger partial charge in [-0.2, -0.15) is 13.2 Å². The number of alkyl halides is 3. The van der Waals surface area contributed by atoms with Gasteiger partial charge in [-0.25, -0.2) is 0 Å². The van der Waals surface area contributed by atoms with E-state index in [0.717, 1.165) is 12.1 Å². The van der Waals surface area contributed by atoms with Gasteiger partial charge in [-0.3, -0.25) is 9.59 Å². The molecule has 0 aliphatic carbocycles. The van der Waals surface area contributed by atoms with Crippen molar-refractivity contribution in [2.45, 2.75) is 26.1 Å². The molecule has 0 aliphatic heterocycles. The van der Waals surface area contributed by atoms with Crippen molar-refractivity contribution in [3.63, 3.8) is 0 Å². The fraction of sp³-hybridized carbons (Fsp3) is 0.429. The molecule has 4 nitrogen and oxygen atoms in total. The molecule has 0 aliphatic rings. The Labute approximate surface area is 120 Å². The van der Waals surface area contributed by atoms with Crippen molar-refractivity contribution in [3.8, 4) is 0 Å². The topological polar surface area (TPSA) is 57.6 Å². The summed E-state index contributed by atoms with van der Waals surface area (Å²) in [4.78, 5) is 23.1. The first-order valence-electron chi connectivity index (χ1n) is 6.36. The number of rotatable bonds is 7. The van der Waals surface area contributed by atoms with Crippen molar-refractivity contribution < 1.29 is 27.9 Å². The highest BCUT2D eigenvalue weighted by Crippen LogP contribution is 2.29. The maximum absolute atomic E-state index is 12.4. The van der Waals surface area contributed by atoms with Gasteiger partial charge in [0.2, 0.25) is 6.41 Å². The van der Waals surface area contributed by atoms with Crippen LogP contribution in [0, 0.1) is 5.92 Å². The van der Waals surface area contributed by atoms with Gasteiger partial charge >= 0.3 is 12.1 Å². The minimum atomic E-state index is -4.40. The number of aliphatic carboxylic acids is 1. The molecule has 1 atom stereocenters. The lowest BCUT2D eigenvalue weighted by Gasteiger charge is -2.21. The molecular weight excluding hydrogens is 287 g/mol. The zero-order chi connectivity index (χ0) is 16.0.